The number of aromatic nitrogens is 1. The van der Waals surface area contributed by atoms with Gasteiger partial charge in [-0.2, -0.15) is 0 Å². The van der Waals surface area contributed by atoms with Gasteiger partial charge in [0.15, 0.2) is 0 Å². The highest BCUT2D eigenvalue weighted by Crippen LogP contribution is 2.30. The molecule has 1 fully saturated rings. The van der Waals surface area contributed by atoms with Crippen LogP contribution in [0.5, 0.6) is 0 Å². The Hall–Kier alpha value is -3.17. The summed E-state index contributed by atoms with van der Waals surface area (Å²) in [5, 5.41) is 19.0. The number of nitrogens with one attached hydrogen (secondary N) is 1. The summed E-state index contributed by atoms with van der Waals surface area (Å²) in [7, 11) is 2.07. The number of likely N-dealkylation sites (N-methyl/N-ethyl adjacent to an activating group) is 1. The van der Waals surface area contributed by atoms with Crippen molar-refractivity contribution in [3.63, 3.8) is 0 Å². The van der Waals surface area contributed by atoms with Gasteiger partial charge in [-0.3, -0.25) is 9.69 Å². The van der Waals surface area contributed by atoms with Crippen LogP contribution in [0.2, 0.25) is 0 Å². The molecule has 1 aromatic carbocycles. The van der Waals surface area contributed by atoms with Crippen molar-refractivity contribution < 1.29 is 19.8 Å². The Morgan fingerprint density at radius 3 is 2.36 bits per heavy atom. The maximum atomic E-state index is 12.2. The number of piperazine rings is 1. The average molecular weight is 386 g/mol. The molecule has 2 heterocycles. The first-order chi connectivity index (χ1) is 13.3. The first-order valence-corrected chi connectivity index (χ1v) is 8.80. The van der Waals surface area contributed by atoms with Crippen molar-refractivity contribution >= 4 is 17.8 Å². The van der Waals surface area contributed by atoms with Gasteiger partial charge in [-0.05, 0) is 24.2 Å². The molecule has 0 unspecified atom stereocenters. The molecule has 5 N–H and O–H groups in total. The van der Waals surface area contributed by atoms with Crippen LogP contribution in [0.15, 0.2) is 29.1 Å². The molecule has 0 spiro atoms. The third kappa shape index (κ3) is 3.90. The van der Waals surface area contributed by atoms with Gasteiger partial charge in [-0.1, -0.05) is 18.2 Å². The number of hydrogen-bond donors (Lipinski definition) is 4. The van der Waals surface area contributed by atoms with E-state index in [2.05, 4.69) is 21.8 Å². The lowest BCUT2D eigenvalue weighted by Gasteiger charge is -2.32. The number of rotatable bonds is 5. The van der Waals surface area contributed by atoms with Crippen molar-refractivity contribution in [1.29, 1.82) is 0 Å². The molecule has 9 heteroatoms. The fourth-order valence-corrected chi connectivity index (χ4v) is 3.42. The van der Waals surface area contributed by atoms with Gasteiger partial charge in [-0.25, -0.2) is 9.59 Å². The van der Waals surface area contributed by atoms with E-state index in [1.54, 1.807) is 18.2 Å². The molecular formula is C19H22N4O5. The second kappa shape index (κ2) is 7.83. The second-order valence-electron chi connectivity index (χ2n) is 6.88. The van der Waals surface area contributed by atoms with Crippen molar-refractivity contribution in [2.45, 2.75) is 6.54 Å². The number of pyridine rings is 1. The predicted octanol–water partition coefficient (Wildman–Crippen LogP) is 0.768. The van der Waals surface area contributed by atoms with Crippen LogP contribution in [-0.4, -0.2) is 70.2 Å². The molecule has 3 rings (SSSR count). The number of carboxylic acids is 2. The van der Waals surface area contributed by atoms with Gasteiger partial charge in [0.2, 0.25) is 0 Å². The summed E-state index contributed by atoms with van der Waals surface area (Å²) in [5.41, 5.74) is 4.74. The normalized spacial score (nSPS) is 15.5. The number of carboxylic acid groups (broad SMARTS) is 2. The van der Waals surface area contributed by atoms with E-state index in [4.69, 9.17) is 5.73 Å². The summed E-state index contributed by atoms with van der Waals surface area (Å²) in [4.78, 5) is 42.2. The zero-order valence-electron chi connectivity index (χ0n) is 15.4. The molecule has 0 aliphatic carbocycles. The molecule has 148 valence electrons. The molecule has 2 aromatic rings. The number of anilines is 1. The maximum absolute atomic E-state index is 12.2. The van der Waals surface area contributed by atoms with E-state index in [0.717, 1.165) is 31.7 Å². The van der Waals surface area contributed by atoms with E-state index in [-0.39, 0.29) is 11.4 Å². The summed E-state index contributed by atoms with van der Waals surface area (Å²) in [6, 6.07) is 6.90. The van der Waals surface area contributed by atoms with Gasteiger partial charge in [-0.15, -0.1) is 0 Å². The van der Waals surface area contributed by atoms with E-state index >= 15 is 0 Å². The van der Waals surface area contributed by atoms with E-state index in [1.165, 1.54) is 0 Å². The Kier molecular flexibility index (Phi) is 5.48. The molecule has 9 nitrogen and oxygen atoms in total. The van der Waals surface area contributed by atoms with Crippen LogP contribution in [-0.2, 0) is 6.54 Å². The summed E-state index contributed by atoms with van der Waals surface area (Å²) in [6.07, 6.45) is 0. The zero-order valence-corrected chi connectivity index (χ0v) is 15.4. The standard InChI is InChI=1S/C19H22N4O5/c1-22-5-7-23(8-6-22)10-11-3-2-4-12(9-11)13-14(18(25)26)16(20)21-17(24)15(13)19(27)28/h2-4,9H,5-8,10H2,1H3,(H,25,26)(H,27,28)(H3,20,21,24). The molecule has 0 atom stereocenters. The Morgan fingerprint density at radius 2 is 1.75 bits per heavy atom. The monoisotopic (exact) mass is 386 g/mol. The van der Waals surface area contributed by atoms with Crippen molar-refractivity contribution in [3.05, 3.63) is 51.3 Å². The number of hydrogen-bond acceptors (Lipinski definition) is 6. The number of nitrogens with zero attached hydrogens (tertiary/aromatic N) is 2. The largest absolute Gasteiger partial charge is 0.478 e. The number of aromatic amines is 1. The first-order valence-electron chi connectivity index (χ1n) is 8.80. The van der Waals surface area contributed by atoms with Crippen LogP contribution in [0.1, 0.15) is 26.3 Å². The average Bonchev–Trinajstić information content (AvgIpc) is 2.62. The molecule has 0 amide bonds. The zero-order chi connectivity index (χ0) is 20.4. The topological polar surface area (TPSA) is 140 Å². The first kappa shape index (κ1) is 19.6. The minimum absolute atomic E-state index is 0.179. The predicted molar refractivity (Wildman–Crippen MR) is 104 cm³/mol. The highest BCUT2D eigenvalue weighted by Gasteiger charge is 2.26. The van der Waals surface area contributed by atoms with Gasteiger partial charge in [0, 0.05) is 38.3 Å². The third-order valence-electron chi connectivity index (χ3n) is 4.89. The molecule has 0 saturated carbocycles. The Bertz CT molecular complexity index is 977. The number of carbonyl (C=O) groups is 2. The number of nitrogen functional groups attached to an aromatic ring is 1. The molecule has 1 saturated heterocycles. The van der Waals surface area contributed by atoms with Crippen LogP contribution >= 0.6 is 0 Å². The molecule has 0 radical (unpaired) electrons. The van der Waals surface area contributed by atoms with E-state index in [9.17, 15) is 24.6 Å². The van der Waals surface area contributed by atoms with Crippen molar-refractivity contribution in [1.82, 2.24) is 14.8 Å². The third-order valence-corrected chi connectivity index (χ3v) is 4.89. The van der Waals surface area contributed by atoms with E-state index in [1.807, 2.05) is 6.07 Å². The van der Waals surface area contributed by atoms with Gasteiger partial charge in [0.25, 0.3) is 5.56 Å². The smallest absolute Gasteiger partial charge is 0.342 e. The molecule has 1 aliphatic heterocycles. The van der Waals surface area contributed by atoms with Gasteiger partial charge in [0.05, 0.1) is 0 Å². The Morgan fingerprint density at radius 1 is 1.11 bits per heavy atom. The number of benzene rings is 1. The van der Waals surface area contributed by atoms with Crippen molar-refractivity contribution in [3.8, 4) is 11.1 Å². The minimum Gasteiger partial charge on any atom is -0.478 e. The Labute approximate surface area is 161 Å². The van der Waals surface area contributed by atoms with E-state index in [0.29, 0.717) is 12.1 Å². The van der Waals surface area contributed by atoms with Gasteiger partial charge in [0.1, 0.15) is 16.9 Å². The lowest BCUT2D eigenvalue weighted by Crippen LogP contribution is -2.43. The number of aromatic carboxylic acids is 2. The highest BCUT2D eigenvalue weighted by molar-refractivity contribution is 6.07. The maximum Gasteiger partial charge on any atom is 0.342 e. The minimum atomic E-state index is -1.51. The number of H-pyrrole nitrogens is 1. The van der Waals surface area contributed by atoms with Gasteiger partial charge >= 0.3 is 11.9 Å². The summed E-state index contributed by atoms with van der Waals surface area (Å²) in [6.45, 7) is 4.36. The van der Waals surface area contributed by atoms with Crippen LogP contribution in [0.3, 0.4) is 0 Å². The van der Waals surface area contributed by atoms with Crippen LogP contribution in [0.25, 0.3) is 11.1 Å². The summed E-state index contributed by atoms with van der Waals surface area (Å²) in [5.74, 6) is -3.29. The lowest BCUT2D eigenvalue weighted by atomic mass is 9.94. The quantitative estimate of drug-likeness (QED) is 0.591. The van der Waals surface area contributed by atoms with Gasteiger partial charge < -0.3 is 25.8 Å². The van der Waals surface area contributed by atoms with Crippen molar-refractivity contribution in [2.75, 3.05) is 39.0 Å². The molecule has 28 heavy (non-hydrogen) atoms. The molecule has 1 aliphatic rings. The molecule has 0 bridgehead atoms. The Balaban J connectivity index is 2.07. The SMILES string of the molecule is CN1CCN(Cc2cccc(-c3c(C(=O)O)c(N)[nH]c(=O)c3C(=O)O)c2)CC1. The fourth-order valence-electron chi connectivity index (χ4n) is 3.42. The molecular weight excluding hydrogens is 364 g/mol. The lowest BCUT2D eigenvalue weighted by molar-refractivity contribution is 0.0695. The van der Waals surface area contributed by atoms with Crippen LogP contribution < -0.4 is 11.3 Å². The fraction of sp³-hybridized carbons (Fsp3) is 0.316. The second-order valence-corrected chi connectivity index (χ2v) is 6.88. The van der Waals surface area contributed by atoms with Crippen LogP contribution in [0, 0.1) is 0 Å². The number of nitrogens with two attached hydrogens (primary N) is 1. The van der Waals surface area contributed by atoms with E-state index < -0.39 is 28.6 Å². The highest BCUT2D eigenvalue weighted by atomic mass is 16.4. The van der Waals surface area contributed by atoms with Crippen LogP contribution in [0.4, 0.5) is 5.82 Å². The van der Waals surface area contributed by atoms with Crippen molar-refractivity contribution in [2.24, 2.45) is 0 Å². The molecule has 1 aromatic heterocycles. The summed E-state index contributed by atoms with van der Waals surface area (Å²) >= 11 is 0. The summed E-state index contributed by atoms with van der Waals surface area (Å²) < 4.78 is 0.